The van der Waals surface area contributed by atoms with Crippen LogP contribution in [-0.4, -0.2) is 9.97 Å². The normalized spacial score (nSPS) is 11.5. The molecule has 3 heterocycles. The van der Waals surface area contributed by atoms with Crippen LogP contribution < -0.4 is 5.73 Å². The van der Waals surface area contributed by atoms with E-state index in [9.17, 15) is 13.2 Å². The summed E-state index contributed by atoms with van der Waals surface area (Å²) in [7, 11) is 0. The van der Waals surface area contributed by atoms with Gasteiger partial charge in [0, 0.05) is 23.3 Å². The second kappa shape index (κ2) is 4.96. The Hall–Kier alpha value is -2.66. The summed E-state index contributed by atoms with van der Waals surface area (Å²) < 4.78 is 40.0. The van der Waals surface area contributed by atoms with Crippen molar-refractivity contribution in [3.63, 3.8) is 0 Å². The molecule has 4 nitrogen and oxygen atoms in total. The molecular formula is C14H7F3N4S. The largest absolute Gasteiger partial charge is 0.417 e. The number of nitriles is 1. The van der Waals surface area contributed by atoms with Crippen LogP contribution in [0.3, 0.4) is 0 Å². The molecule has 3 aromatic rings. The molecule has 0 aromatic carbocycles. The van der Waals surface area contributed by atoms with Crippen molar-refractivity contribution < 1.29 is 13.2 Å². The van der Waals surface area contributed by atoms with E-state index in [2.05, 4.69) is 9.97 Å². The van der Waals surface area contributed by atoms with E-state index in [1.807, 2.05) is 0 Å². The maximum Gasteiger partial charge on any atom is 0.417 e. The van der Waals surface area contributed by atoms with Crippen molar-refractivity contribution in [1.29, 1.82) is 5.26 Å². The van der Waals surface area contributed by atoms with Crippen LogP contribution in [0.15, 0.2) is 30.6 Å². The number of hydrogen-bond donors (Lipinski definition) is 1. The van der Waals surface area contributed by atoms with Crippen molar-refractivity contribution in [2.75, 3.05) is 5.73 Å². The average Bonchev–Trinajstić information content (AvgIpc) is 2.82. The Bertz CT molecular complexity index is 894. The number of aromatic nitrogens is 2. The van der Waals surface area contributed by atoms with E-state index < -0.39 is 11.7 Å². The Morgan fingerprint density at radius 3 is 2.50 bits per heavy atom. The van der Waals surface area contributed by atoms with Crippen LogP contribution in [0.2, 0.25) is 0 Å². The number of nitrogens with zero attached hydrogens (tertiary/aromatic N) is 3. The highest BCUT2D eigenvalue weighted by atomic mass is 32.1. The molecule has 0 unspecified atom stereocenters. The van der Waals surface area contributed by atoms with E-state index in [1.54, 1.807) is 18.2 Å². The number of hydrogen-bond acceptors (Lipinski definition) is 5. The van der Waals surface area contributed by atoms with Crippen LogP contribution in [0.1, 0.15) is 10.4 Å². The van der Waals surface area contributed by atoms with Gasteiger partial charge in [0.05, 0.1) is 16.9 Å². The first-order chi connectivity index (χ1) is 10.4. The molecule has 0 amide bonds. The second-order valence-corrected chi connectivity index (χ2v) is 5.42. The highest BCUT2D eigenvalue weighted by molar-refractivity contribution is 7.19. The molecule has 0 spiro atoms. The van der Waals surface area contributed by atoms with E-state index >= 15 is 0 Å². The first-order valence-corrected chi connectivity index (χ1v) is 6.84. The highest BCUT2D eigenvalue weighted by Crippen LogP contribution is 2.43. The molecule has 0 aliphatic rings. The molecule has 22 heavy (non-hydrogen) atoms. The van der Waals surface area contributed by atoms with E-state index in [1.165, 1.54) is 12.4 Å². The van der Waals surface area contributed by atoms with Crippen molar-refractivity contribution in [2.24, 2.45) is 0 Å². The summed E-state index contributed by atoms with van der Waals surface area (Å²) in [5.74, 6) is 0. The number of nitrogens with two attached hydrogens (primary N) is 1. The Kier molecular flexibility index (Phi) is 3.22. The number of thiophene rings is 1. The molecule has 0 radical (unpaired) electrons. The fourth-order valence-electron chi connectivity index (χ4n) is 2.10. The molecule has 0 saturated heterocycles. The summed E-state index contributed by atoms with van der Waals surface area (Å²) in [6.07, 6.45) is -1.65. The van der Waals surface area contributed by atoms with Crippen molar-refractivity contribution >= 4 is 27.2 Å². The van der Waals surface area contributed by atoms with Crippen LogP contribution in [0.5, 0.6) is 0 Å². The predicted molar refractivity (Wildman–Crippen MR) is 77.0 cm³/mol. The third-order valence-electron chi connectivity index (χ3n) is 3.08. The average molecular weight is 320 g/mol. The summed E-state index contributed by atoms with van der Waals surface area (Å²) in [5.41, 5.74) is 5.27. The lowest BCUT2D eigenvalue weighted by atomic mass is 10.1. The van der Waals surface area contributed by atoms with Gasteiger partial charge in [-0.3, -0.25) is 4.98 Å². The third-order valence-corrected chi connectivity index (χ3v) is 4.09. The molecule has 0 aliphatic carbocycles. The molecule has 8 heteroatoms. The van der Waals surface area contributed by atoms with Gasteiger partial charge in [-0.15, -0.1) is 11.3 Å². The monoisotopic (exact) mass is 320 g/mol. The first kappa shape index (κ1) is 14.3. The highest BCUT2D eigenvalue weighted by Gasteiger charge is 2.35. The standard InChI is InChI=1S/C14H7F3N4S/c15-14(16,17)8-5-9(7-1-3-20-4-2-7)21-13-11(8)12(19)10(6-18)22-13/h1-5H,19H2. The predicted octanol–water partition coefficient (Wildman–Crippen LogP) is 3.83. The molecule has 3 aromatic heterocycles. The van der Waals surface area contributed by atoms with Crippen molar-refractivity contribution in [3.8, 4) is 17.3 Å². The zero-order valence-corrected chi connectivity index (χ0v) is 11.7. The Morgan fingerprint density at radius 1 is 1.23 bits per heavy atom. The molecule has 3 rings (SSSR count). The number of nitrogen functional groups attached to an aromatic ring is 1. The van der Waals surface area contributed by atoms with Crippen molar-refractivity contribution in [2.45, 2.75) is 6.18 Å². The molecule has 2 N–H and O–H groups in total. The number of pyridine rings is 2. The lowest BCUT2D eigenvalue weighted by Crippen LogP contribution is -2.07. The minimum absolute atomic E-state index is 0.0277. The Labute approximate surface area is 126 Å². The topological polar surface area (TPSA) is 75.6 Å². The molecular weight excluding hydrogens is 313 g/mol. The quantitative estimate of drug-likeness (QED) is 0.739. The van der Waals surface area contributed by atoms with Crippen LogP contribution in [0, 0.1) is 11.3 Å². The summed E-state index contributed by atoms with van der Waals surface area (Å²) in [6.45, 7) is 0. The lowest BCUT2D eigenvalue weighted by molar-refractivity contribution is -0.136. The smallest absolute Gasteiger partial charge is 0.396 e. The van der Waals surface area contributed by atoms with Gasteiger partial charge in [-0.05, 0) is 18.2 Å². The number of rotatable bonds is 1. The zero-order valence-electron chi connectivity index (χ0n) is 10.8. The number of alkyl halides is 3. The fraction of sp³-hybridized carbons (Fsp3) is 0.0714. The fourth-order valence-corrected chi connectivity index (χ4v) is 3.02. The van der Waals surface area contributed by atoms with Crippen LogP contribution in [-0.2, 0) is 6.18 Å². The SMILES string of the molecule is N#Cc1sc2nc(-c3ccncc3)cc(C(F)(F)F)c2c1N. The van der Waals surface area contributed by atoms with Gasteiger partial charge in [-0.1, -0.05) is 0 Å². The van der Waals surface area contributed by atoms with Gasteiger partial charge in [0.25, 0.3) is 0 Å². The van der Waals surface area contributed by atoms with E-state index in [-0.39, 0.29) is 26.5 Å². The van der Waals surface area contributed by atoms with E-state index in [0.29, 0.717) is 5.56 Å². The van der Waals surface area contributed by atoms with E-state index in [0.717, 1.165) is 17.4 Å². The van der Waals surface area contributed by atoms with Gasteiger partial charge in [-0.25, -0.2) is 4.98 Å². The summed E-state index contributed by atoms with van der Waals surface area (Å²) in [6, 6.07) is 5.88. The van der Waals surface area contributed by atoms with Crippen molar-refractivity contribution in [1.82, 2.24) is 9.97 Å². The Morgan fingerprint density at radius 2 is 1.91 bits per heavy atom. The lowest BCUT2D eigenvalue weighted by Gasteiger charge is -2.11. The minimum Gasteiger partial charge on any atom is -0.396 e. The van der Waals surface area contributed by atoms with Crippen LogP contribution in [0.4, 0.5) is 18.9 Å². The van der Waals surface area contributed by atoms with E-state index in [4.69, 9.17) is 11.0 Å². The summed E-state index contributed by atoms with van der Waals surface area (Å²) >= 11 is 0.850. The number of anilines is 1. The summed E-state index contributed by atoms with van der Waals surface area (Å²) in [4.78, 5) is 8.16. The maximum atomic E-state index is 13.3. The number of halogens is 3. The molecule has 0 bridgehead atoms. The molecule has 0 aliphatic heterocycles. The van der Waals surface area contributed by atoms with Gasteiger partial charge in [0.2, 0.25) is 0 Å². The third kappa shape index (κ3) is 2.25. The Balaban J connectivity index is 2.38. The van der Waals surface area contributed by atoms with Gasteiger partial charge >= 0.3 is 6.18 Å². The van der Waals surface area contributed by atoms with Gasteiger partial charge in [0.15, 0.2) is 0 Å². The van der Waals surface area contributed by atoms with Gasteiger partial charge in [-0.2, -0.15) is 18.4 Å². The van der Waals surface area contributed by atoms with Gasteiger partial charge < -0.3 is 5.73 Å². The minimum atomic E-state index is -4.59. The van der Waals surface area contributed by atoms with Crippen LogP contribution in [0.25, 0.3) is 21.5 Å². The molecule has 0 fully saturated rings. The van der Waals surface area contributed by atoms with Crippen LogP contribution >= 0.6 is 11.3 Å². The summed E-state index contributed by atoms with van der Waals surface area (Å²) in [5, 5.41) is 8.75. The molecule has 0 atom stereocenters. The zero-order chi connectivity index (χ0) is 15.9. The second-order valence-electron chi connectivity index (χ2n) is 4.43. The maximum absolute atomic E-state index is 13.3. The van der Waals surface area contributed by atoms with Gasteiger partial charge in [0.1, 0.15) is 15.8 Å². The molecule has 110 valence electrons. The number of fused-ring (bicyclic) bond motifs is 1. The van der Waals surface area contributed by atoms with Crippen molar-refractivity contribution in [3.05, 3.63) is 41.0 Å². The molecule has 0 saturated carbocycles. The first-order valence-electron chi connectivity index (χ1n) is 6.02.